The summed E-state index contributed by atoms with van der Waals surface area (Å²) < 4.78 is 4.72. The van der Waals surface area contributed by atoms with Gasteiger partial charge in [-0.2, -0.15) is 0 Å². The van der Waals surface area contributed by atoms with Gasteiger partial charge < -0.3 is 10.1 Å². The highest BCUT2D eigenvalue weighted by Crippen LogP contribution is 2.30. The molecule has 126 valence electrons. The van der Waals surface area contributed by atoms with Crippen molar-refractivity contribution in [2.75, 3.05) is 12.4 Å². The van der Waals surface area contributed by atoms with Gasteiger partial charge in [0.2, 0.25) is 0 Å². The van der Waals surface area contributed by atoms with E-state index in [9.17, 15) is 9.59 Å². The van der Waals surface area contributed by atoms with Crippen molar-refractivity contribution in [2.24, 2.45) is 0 Å². The molecule has 0 aromatic heterocycles. The number of benzene rings is 2. The number of nitrogens with one attached hydrogen (secondary N) is 1. The summed E-state index contributed by atoms with van der Waals surface area (Å²) in [5, 5.41) is 3.17. The van der Waals surface area contributed by atoms with Gasteiger partial charge in [-0.3, -0.25) is 9.59 Å². The van der Waals surface area contributed by atoms with Gasteiger partial charge in [-0.25, -0.2) is 0 Å². The predicted molar refractivity (Wildman–Crippen MR) is 98.2 cm³/mol. The standard InChI is InChI=1S/C17H15Cl2NO3S/c1-10(17(22)23-2)24-15-6-4-3-5-12(15)16(21)20-14-9-11(18)7-8-13(14)19/h3-10H,1-2H3,(H,20,21). The molecule has 0 bridgehead atoms. The Hall–Kier alpha value is -1.69. The molecule has 2 rings (SSSR count). The molecule has 0 aliphatic heterocycles. The minimum atomic E-state index is -0.432. The van der Waals surface area contributed by atoms with Crippen LogP contribution < -0.4 is 5.32 Å². The molecule has 0 saturated heterocycles. The van der Waals surface area contributed by atoms with Crippen LogP contribution in [0.1, 0.15) is 17.3 Å². The summed E-state index contributed by atoms with van der Waals surface area (Å²) in [6.07, 6.45) is 0. The van der Waals surface area contributed by atoms with Gasteiger partial charge in [-0.15, -0.1) is 11.8 Å². The number of rotatable bonds is 5. The largest absolute Gasteiger partial charge is 0.468 e. The summed E-state index contributed by atoms with van der Waals surface area (Å²) in [4.78, 5) is 24.8. The maximum absolute atomic E-state index is 12.6. The topological polar surface area (TPSA) is 55.4 Å². The first-order valence-electron chi connectivity index (χ1n) is 7.02. The lowest BCUT2D eigenvalue weighted by atomic mass is 10.2. The Balaban J connectivity index is 2.23. The first-order valence-corrected chi connectivity index (χ1v) is 8.66. The summed E-state index contributed by atoms with van der Waals surface area (Å²) in [5.74, 6) is -0.688. The van der Waals surface area contributed by atoms with Crippen LogP contribution in [0.25, 0.3) is 0 Å². The molecular weight excluding hydrogens is 369 g/mol. The van der Waals surface area contributed by atoms with Crippen LogP contribution in [0.15, 0.2) is 47.4 Å². The smallest absolute Gasteiger partial charge is 0.318 e. The van der Waals surface area contributed by atoms with Gasteiger partial charge in [0.15, 0.2) is 0 Å². The molecule has 0 aliphatic rings. The quantitative estimate of drug-likeness (QED) is 0.589. The molecule has 24 heavy (non-hydrogen) atoms. The Kier molecular flexibility index (Phi) is 6.54. The molecular formula is C17H15Cl2NO3S. The van der Waals surface area contributed by atoms with Crippen molar-refractivity contribution in [3.63, 3.8) is 0 Å². The first kappa shape index (κ1) is 18.6. The molecule has 0 radical (unpaired) electrons. The zero-order chi connectivity index (χ0) is 17.7. The molecule has 4 nitrogen and oxygen atoms in total. The molecule has 0 spiro atoms. The van der Waals surface area contributed by atoms with E-state index in [2.05, 4.69) is 5.32 Å². The van der Waals surface area contributed by atoms with E-state index in [1.165, 1.54) is 18.9 Å². The second kappa shape index (κ2) is 8.42. The number of methoxy groups -OCH3 is 1. The van der Waals surface area contributed by atoms with Crippen LogP contribution in [0.3, 0.4) is 0 Å². The van der Waals surface area contributed by atoms with Crippen LogP contribution in [-0.4, -0.2) is 24.2 Å². The average molecular weight is 384 g/mol. The predicted octanol–water partition coefficient (Wildman–Crippen LogP) is 4.90. The molecule has 1 unspecified atom stereocenters. The van der Waals surface area contributed by atoms with E-state index in [4.69, 9.17) is 27.9 Å². The SMILES string of the molecule is COC(=O)C(C)Sc1ccccc1C(=O)Nc1cc(Cl)ccc1Cl. The van der Waals surface area contributed by atoms with E-state index >= 15 is 0 Å². The number of esters is 1. The average Bonchev–Trinajstić information content (AvgIpc) is 2.57. The maximum atomic E-state index is 12.6. The Morgan fingerprint density at radius 3 is 2.58 bits per heavy atom. The second-order valence-corrected chi connectivity index (χ2v) is 7.08. The van der Waals surface area contributed by atoms with Crippen molar-refractivity contribution in [2.45, 2.75) is 17.1 Å². The molecule has 0 saturated carbocycles. The fraction of sp³-hybridized carbons (Fsp3) is 0.176. The van der Waals surface area contributed by atoms with Gasteiger partial charge in [0, 0.05) is 9.92 Å². The molecule has 0 fully saturated rings. The number of thioether (sulfide) groups is 1. The van der Waals surface area contributed by atoms with Gasteiger partial charge in [-0.05, 0) is 37.3 Å². The normalized spacial score (nSPS) is 11.7. The molecule has 2 aromatic carbocycles. The van der Waals surface area contributed by atoms with Crippen LogP contribution in [0.2, 0.25) is 10.0 Å². The number of halogens is 2. The highest BCUT2D eigenvalue weighted by atomic mass is 35.5. The maximum Gasteiger partial charge on any atom is 0.318 e. The third-order valence-electron chi connectivity index (χ3n) is 3.15. The summed E-state index contributed by atoms with van der Waals surface area (Å²) >= 11 is 13.3. The summed E-state index contributed by atoms with van der Waals surface area (Å²) in [7, 11) is 1.33. The van der Waals surface area contributed by atoms with E-state index in [0.29, 0.717) is 26.2 Å². The van der Waals surface area contributed by atoms with Crippen molar-refractivity contribution in [1.29, 1.82) is 0 Å². The van der Waals surface area contributed by atoms with E-state index in [1.807, 2.05) is 0 Å². The molecule has 1 atom stereocenters. The summed E-state index contributed by atoms with van der Waals surface area (Å²) in [5.41, 5.74) is 0.865. The molecule has 1 N–H and O–H groups in total. The fourth-order valence-corrected chi connectivity index (χ4v) is 3.30. The zero-order valence-electron chi connectivity index (χ0n) is 13.0. The van der Waals surface area contributed by atoms with Crippen LogP contribution in [-0.2, 0) is 9.53 Å². The number of amides is 1. The summed E-state index contributed by atoms with van der Waals surface area (Å²) in [6.45, 7) is 1.72. The van der Waals surface area contributed by atoms with Gasteiger partial charge in [0.05, 0.1) is 23.4 Å². The third-order valence-corrected chi connectivity index (χ3v) is 4.87. The highest BCUT2D eigenvalue weighted by molar-refractivity contribution is 8.00. The minimum absolute atomic E-state index is 0.334. The van der Waals surface area contributed by atoms with Crippen LogP contribution in [0.4, 0.5) is 5.69 Å². The Morgan fingerprint density at radius 2 is 1.88 bits per heavy atom. The number of carbonyl (C=O) groups is 2. The lowest BCUT2D eigenvalue weighted by molar-refractivity contribution is -0.139. The number of carbonyl (C=O) groups excluding carboxylic acids is 2. The molecule has 0 aliphatic carbocycles. The first-order chi connectivity index (χ1) is 11.4. The summed E-state index contributed by atoms with van der Waals surface area (Å²) in [6, 6.07) is 11.8. The monoisotopic (exact) mass is 383 g/mol. The highest BCUT2D eigenvalue weighted by Gasteiger charge is 2.19. The zero-order valence-corrected chi connectivity index (χ0v) is 15.3. The van der Waals surface area contributed by atoms with Crippen molar-refractivity contribution in [3.05, 3.63) is 58.1 Å². The molecule has 2 aromatic rings. The Bertz CT molecular complexity index is 767. The molecule has 1 amide bonds. The van der Waals surface area contributed by atoms with Gasteiger partial charge >= 0.3 is 5.97 Å². The Morgan fingerprint density at radius 1 is 1.17 bits per heavy atom. The van der Waals surface area contributed by atoms with Crippen LogP contribution in [0.5, 0.6) is 0 Å². The van der Waals surface area contributed by atoms with Crippen LogP contribution >= 0.6 is 35.0 Å². The van der Waals surface area contributed by atoms with E-state index in [1.54, 1.807) is 49.4 Å². The second-order valence-electron chi connectivity index (χ2n) is 4.86. The van der Waals surface area contributed by atoms with Crippen molar-refractivity contribution in [1.82, 2.24) is 0 Å². The number of hydrogen-bond donors (Lipinski definition) is 1. The van der Waals surface area contributed by atoms with Crippen molar-refractivity contribution in [3.8, 4) is 0 Å². The molecule has 7 heteroatoms. The van der Waals surface area contributed by atoms with Gasteiger partial charge in [0.1, 0.15) is 5.25 Å². The van der Waals surface area contributed by atoms with E-state index in [-0.39, 0.29) is 11.9 Å². The number of ether oxygens (including phenoxy) is 1. The van der Waals surface area contributed by atoms with Crippen molar-refractivity contribution >= 4 is 52.5 Å². The minimum Gasteiger partial charge on any atom is -0.468 e. The van der Waals surface area contributed by atoms with E-state index in [0.717, 1.165) is 0 Å². The van der Waals surface area contributed by atoms with E-state index < -0.39 is 5.25 Å². The Labute approximate surface area is 154 Å². The third kappa shape index (κ3) is 4.66. The van der Waals surface area contributed by atoms with Gasteiger partial charge in [-0.1, -0.05) is 35.3 Å². The van der Waals surface area contributed by atoms with Crippen LogP contribution in [0, 0.1) is 0 Å². The van der Waals surface area contributed by atoms with Crippen molar-refractivity contribution < 1.29 is 14.3 Å². The molecule has 0 heterocycles. The fourth-order valence-electron chi connectivity index (χ4n) is 1.94. The van der Waals surface area contributed by atoms with Gasteiger partial charge in [0.25, 0.3) is 5.91 Å². The lowest BCUT2D eigenvalue weighted by Gasteiger charge is -2.13. The number of hydrogen-bond acceptors (Lipinski definition) is 4. The lowest BCUT2D eigenvalue weighted by Crippen LogP contribution is -2.17. The number of anilines is 1.